The Morgan fingerprint density at radius 3 is 2.23 bits per heavy atom. The van der Waals surface area contributed by atoms with Gasteiger partial charge in [-0.1, -0.05) is 0 Å². The lowest BCUT2D eigenvalue weighted by Gasteiger charge is -2.31. The lowest BCUT2D eigenvalue weighted by atomic mass is 9.85. The average molecular weight is 182 g/mol. The summed E-state index contributed by atoms with van der Waals surface area (Å²) < 4.78 is 0. The van der Waals surface area contributed by atoms with Gasteiger partial charge in [0.05, 0.1) is 0 Å². The molecule has 2 fully saturated rings. The van der Waals surface area contributed by atoms with Gasteiger partial charge in [-0.3, -0.25) is 4.79 Å². The van der Waals surface area contributed by atoms with Crippen molar-refractivity contribution in [1.82, 2.24) is 10.2 Å². The van der Waals surface area contributed by atoms with Crippen LogP contribution < -0.4 is 5.32 Å². The summed E-state index contributed by atoms with van der Waals surface area (Å²) in [5.74, 6) is 1.87. The van der Waals surface area contributed by atoms with Gasteiger partial charge in [-0.2, -0.15) is 0 Å². The highest BCUT2D eigenvalue weighted by Crippen LogP contribution is 2.39. The quantitative estimate of drug-likeness (QED) is 0.633. The number of fused-ring (bicyclic) bond motifs is 2. The maximum Gasteiger partial charge on any atom is 0.225 e. The summed E-state index contributed by atoms with van der Waals surface area (Å²) in [4.78, 5) is 13.6. The van der Waals surface area contributed by atoms with Crippen LogP contribution in [0.1, 0.15) is 12.8 Å². The second-order valence-corrected chi connectivity index (χ2v) is 4.51. The van der Waals surface area contributed by atoms with Crippen LogP contribution in [-0.4, -0.2) is 38.0 Å². The Morgan fingerprint density at radius 1 is 1.23 bits per heavy atom. The SMILES string of the molecule is CN(C)C(=O)C1C2CCC1CNC2. The van der Waals surface area contributed by atoms with Crippen LogP contribution in [0.15, 0.2) is 0 Å². The molecule has 0 aromatic carbocycles. The molecule has 1 aliphatic carbocycles. The van der Waals surface area contributed by atoms with Crippen LogP contribution in [0, 0.1) is 17.8 Å². The van der Waals surface area contributed by atoms with Gasteiger partial charge in [-0.25, -0.2) is 0 Å². The fourth-order valence-electron chi connectivity index (χ4n) is 2.79. The minimum Gasteiger partial charge on any atom is -0.349 e. The first-order chi connectivity index (χ1) is 6.20. The monoisotopic (exact) mass is 182 g/mol. The van der Waals surface area contributed by atoms with Crippen LogP contribution in [0.25, 0.3) is 0 Å². The molecule has 2 rings (SSSR count). The standard InChI is InChI=1S/C10H18N2O/c1-12(2)10(13)9-7-3-4-8(9)6-11-5-7/h7-9,11H,3-6H2,1-2H3. The van der Waals surface area contributed by atoms with Crippen molar-refractivity contribution in [3.8, 4) is 0 Å². The molecule has 0 aromatic rings. The van der Waals surface area contributed by atoms with E-state index in [9.17, 15) is 4.79 Å². The van der Waals surface area contributed by atoms with Gasteiger partial charge in [0.25, 0.3) is 0 Å². The van der Waals surface area contributed by atoms with Crippen molar-refractivity contribution >= 4 is 5.91 Å². The van der Waals surface area contributed by atoms with Gasteiger partial charge < -0.3 is 10.2 Å². The Hall–Kier alpha value is -0.570. The molecule has 1 saturated carbocycles. The largest absolute Gasteiger partial charge is 0.349 e. The lowest BCUT2D eigenvalue weighted by molar-refractivity contribution is -0.136. The van der Waals surface area contributed by atoms with E-state index in [4.69, 9.17) is 0 Å². The van der Waals surface area contributed by atoms with Crippen molar-refractivity contribution in [1.29, 1.82) is 0 Å². The first-order valence-corrected chi connectivity index (χ1v) is 5.12. The number of piperidine rings is 1. The molecule has 1 N–H and O–H groups in total. The summed E-state index contributed by atoms with van der Waals surface area (Å²) in [5, 5.41) is 3.40. The van der Waals surface area contributed by atoms with E-state index >= 15 is 0 Å². The molecule has 0 aromatic heterocycles. The number of hydrogen-bond donors (Lipinski definition) is 1. The van der Waals surface area contributed by atoms with Gasteiger partial charge >= 0.3 is 0 Å². The highest BCUT2D eigenvalue weighted by atomic mass is 16.2. The predicted molar refractivity (Wildman–Crippen MR) is 51.3 cm³/mol. The van der Waals surface area contributed by atoms with Gasteiger partial charge in [0.1, 0.15) is 0 Å². The van der Waals surface area contributed by atoms with Gasteiger partial charge in [0.2, 0.25) is 5.91 Å². The predicted octanol–water partition coefficient (Wildman–Crippen LogP) is 0.320. The third kappa shape index (κ3) is 1.46. The first-order valence-electron chi connectivity index (χ1n) is 5.12. The molecule has 1 aliphatic heterocycles. The zero-order chi connectivity index (χ0) is 9.42. The number of amides is 1. The molecular weight excluding hydrogens is 164 g/mol. The van der Waals surface area contributed by atoms with Crippen LogP contribution in [0.5, 0.6) is 0 Å². The fraction of sp³-hybridized carbons (Fsp3) is 0.900. The zero-order valence-corrected chi connectivity index (χ0v) is 8.42. The van der Waals surface area contributed by atoms with Crippen LogP contribution in [0.3, 0.4) is 0 Å². The summed E-state index contributed by atoms with van der Waals surface area (Å²) in [7, 11) is 3.73. The summed E-state index contributed by atoms with van der Waals surface area (Å²) in [6.45, 7) is 2.08. The summed E-state index contributed by atoms with van der Waals surface area (Å²) >= 11 is 0. The molecule has 3 nitrogen and oxygen atoms in total. The maximum absolute atomic E-state index is 11.9. The highest BCUT2D eigenvalue weighted by molar-refractivity contribution is 5.79. The molecule has 2 aliphatic rings. The van der Waals surface area contributed by atoms with Crippen LogP contribution in [-0.2, 0) is 4.79 Å². The smallest absolute Gasteiger partial charge is 0.225 e. The Labute approximate surface area is 79.5 Å². The molecule has 0 radical (unpaired) electrons. The molecular formula is C10H18N2O. The van der Waals surface area contributed by atoms with E-state index in [0.29, 0.717) is 23.7 Å². The van der Waals surface area contributed by atoms with Crippen molar-refractivity contribution in [2.45, 2.75) is 12.8 Å². The number of hydrogen-bond acceptors (Lipinski definition) is 2. The highest BCUT2D eigenvalue weighted by Gasteiger charge is 2.43. The van der Waals surface area contributed by atoms with E-state index in [1.807, 2.05) is 14.1 Å². The third-order valence-corrected chi connectivity index (χ3v) is 3.46. The topological polar surface area (TPSA) is 32.3 Å². The van der Waals surface area contributed by atoms with Crippen molar-refractivity contribution in [2.75, 3.05) is 27.2 Å². The van der Waals surface area contributed by atoms with Crippen LogP contribution in [0.2, 0.25) is 0 Å². The van der Waals surface area contributed by atoms with Gasteiger partial charge in [-0.05, 0) is 37.8 Å². The minimum absolute atomic E-state index is 0.316. The molecule has 0 spiro atoms. The Bertz CT molecular complexity index is 199. The van der Waals surface area contributed by atoms with Crippen molar-refractivity contribution in [3.05, 3.63) is 0 Å². The minimum atomic E-state index is 0.316. The van der Waals surface area contributed by atoms with Crippen molar-refractivity contribution in [3.63, 3.8) is 0 Å². The van der Waals surface area contributed by atoms with Crippen LogP contribution in [0.4, 0.5) is 0 Å². The summed E-state index contributed by atoms with van der Waals surface area (Å²) in [6.07, 6.45) is 2.48. The number of nitrogens with one attached hydrogen (secondary N) is 1. The molecule has 1 amide bonds. The maximum atomic E-state index is 11.9. The van der Waals surface area contributed by atoms with Crippen LogP contribution >= 0.6 is 0 Å². The van der Waals surface area contributed by atoms with E-state index < -0.39 is 0 Å². The van der Waals surface area contributed by atoms with Crippen molar-refractivity contribution < 1.29 is 4.79 Å². The van der Waals surface area contributed by atoms with Gasteiger partial charge in [0.15, 0.2) is 0 Å². The number of carbonyl (C=O) groups is 1. The molecule has 2 unspecified atom stereocenters. The fourth-order valence-corrected chi connectivity index (χ4v) is 2.79. The average Bonchev–Trinajstić information content (AvgIpc) is 2.34. The van der Waals surface area contributed by atoms with E-state index in [0.717, 1.165) is 13.1 Å². The molecule has 1 heterocycles. The first kappa shape index (κ1) is 9.00. The second kappa shape index (κ2) is 3.29. The van der Waals surface area contributed by atoms with E-state index in [1.54, 1.807) is 4.90 Å². The molecule has 3 heteroatoms. The molecule has 74 valence electrons. The van der Waals surface area contributed by atoms with E-state index in [2.05, 4.69) is 5.32 Å². The van der Waals surface area contributed by atoms with Crippen molar-refractivity contribution in [2.24, 2.45) is 17.8 Å². The normalized spacial score (nSPS) is 37.5. The lowest BCUT2D eigenvalue weighted by Crippen LogP contribution is -2.45. The zero-order valence-electron chi connectivity index (χ0n) is 8.42. The Kier molecular flexibility index (Phi) is 2.28. The van der Waals surface area contributed by atoms with E-state index in [1.165, 1.54) is 12.8 Å². The van der Waals surface area contributed by atoms with Gasteiger partial charge in [0, 0.05) is 20.0 Å². The molecule has 13 heavy (non-hydrogen) atoms. The third-order valence-electron chi connectivity index (χ3n) is 3.46. The molecule has 2 atom stereocenters. The van der Waals surface area contributed by atoms with Gasteiger partial charge in [-0.15, -0.1) is 0 Å². The summed E-state index contributed by atoms with van der Waals surface area (Å²) in [6, 6.07) is 0. The molecule has 1 saturated heterocycles. The summed E-state index contributed by atoms with van der Waals surface area (Å²) in [5.41, 5.74) is 0. The number of nitrogens with zero attached hydrogens (tertiary/aromatic N) is 1. The Balaban J connectivity index is 2.10. The molecule has 2 bridgehead atoms. The number of rotatable bonds is 1. The van der Waals surface area contributed by atoms with E-state index in [-0.39, 0.29) is 0 Å². The second-order valence-electron chi connectivity index (χ2n) is 4.51. The number of carbonyl (C=O) groups excluding carboxylic acids is 1. The Morgan fingerprint density at radius 2 is 1.77 bits per heavy atom.